The highest BCUT2D eigenvalue weighted by molar-refractivity contribution is 9.10. The molecule has 0 spiro atoms. The highest BCUT2D eigenvalue weighted by Gasteiger charge is 2.24. The van der Waals surface area contributed by atoms with E-state index in [9.17, 15) is 0 Å². The van der Waals surface area contributed by atoms with E-state index in [-0.39, 0.29) is 0 Å². The molecule has 0 saturated heterocycles. The molecular weight excluding hydrogens is 326 g/mol. The molecule has 2 aromatic carbocycles. The Labute approximate surface area is 134 Å². The summed E-state index contributed by atoms with van der Waals surface area (Å²) in [5.74, 6) is 0.914. The molecule has 1 aliphatic carbocycles. The number of methoxy groups -OCH3 is 1. The van der Waals surface area contributed by atoms with Crippen molar-refractivity contribution in [3.63, 3.8) is 0 Å². The largest absolute Gasteiger partial charge is 0.497 e. The first-order valence-electron chi connectivity index (χ1n) is 7.35. The van der Waals surface area contributed by atoms with E-state index in [0.29, 0.717) is 12.1 Å². The molecule has 2 aromatic rings. The maximum absolute atomic E-state index is 5.31. The van der Waals surface area contributed by atoms with Crippen molar-refractivity contribution in [2.24, 2.45) is 0 Å². The molecule has 0 aromatic heterocycles. The van der Waals surface area contributed by atoms with Gasteiger partial charge < -0.3 is 10.1 Å². The van der Waals surface area contributed by atoms with Crippen molar-refractivity contribution in [2.45, 2.75) is 31.8 Å². The molecule has 2 nitrogen and oxygen atoms in total. The van der Waals surface area contributed by atoms with Crippen LogP contribution in [0.4, 0.5) is 0 Å². The van der Waals surface area contributed by atoms with Gasteiger partial charge in [0.05, 0.1) is 7.11 Å². The maximum Gasteiger partial charge on any atom is 0.119 e. The fraction of sp³-hybridized carbons (Fsp3) is 0.333. The monoisotopic (exact) mass is 345 g/mol. The predicted molar refractivity (Wildman–Crippen MR) is 89.7 cm³/mol. The molecule has 0 amide bonds. The summed E-state index contributed by atoms with van der Waals surface area (Å²) in [6.07, 6.45) is 2.32. The van der Waals surface area contributed by atoms with Crippen LogP contribution in [0.2, 0.25) is 0 Å². The minimum atomic E-state index is 0.305. The number of nitrogens with one attached hydrogen (secondary N) is 1. The molecule has 0 saturated carbocycles. The van der Waals surface area contributed by atoms with Crippen molar-refractivity contribution in [3.8, 4) is 5.75 Å². The fourth-order valence-corrected chi connectivity index (χ4v) is 3.48. The molecule has 1 aliphatic rings. The van der Waals surface area contributed by atoms with Gasteiger partial charge >= 0.3 is 0 Å². The third-order valence-corrected chi connectivity index (χ3v) is 4.72. The molecule has 0 fully saturated rings. The van der Waals surface area contributed by atoms with Crippen molar-refractivity contribution >= 4 is 15.9 Å². The van der Waals surface area contributed by atoms with E-state index < -0.39 is 0 Å². The van der Waals surface area contributed by atoms with Crippen LogP contribution in [0.25, 0.3) is 0 Å². The molecular formula is C18H20BrNO. The number of halogens is 1. The summed E-state index contributed by atoms with van der Waals surface area (Å²) < 4.78 is 6.48. The predicted octanol–water partition coefficient (Wildman–Crippen LogP) is 4.80. The first kappa shape index (κ1) is 14.6. The van der Waals surface area contributed by atoms with Crippen LogP contribution in [0, 0.1) is 0 Å². The lowest BCUT2D eigenvalue weighted by Crippen LogP contribution is -2.23. The van der Waals surface area contributed by atoms with Gasteiger partial charge in [-0.3, -0.25) is 0 Å². The number of ether oxygens (including phenoxy) is 1. The summed E-state index contributed by atoms with van der Waals surface area (Å²) in [5.41, 5.74) is 4.16. The minimum absolute atomic E-state index is 0.305. The van der Waals surface area contributed by atoms with Gasteiger partial charge in [-0.15, -0.1) is 0 Å². The van der Waals surface area contributed by atoms with Crippen LogP contribution < -0.4 is 10.1 Å². The van der Waals surface area contributed by atoms with E-state index in [2.05, 4.69) is 58.5 Å². The zero-order valence-electron chi connectivity index (χ0n) is 12.4. The van der Waals surface area contributed by atoms with Gasteiger partial charge in [0.25, 0.3) is 0 Å². The van der Waals surface area contributed by atoms with Gasteiger partial charge in [0.2, 0.25) is 0 Å². The zero-order chi connectivity index (χ0) is 14.8. The highest BCUT2D eigenvalue weighted by atomic mass is 79.9. The van der Waals surface area contributed by atoms with E-state index >= 15 is 0 Å². The molecule has 110 valence electrons. The molecule has 0 bridgehead atoms. The van der Waals surface area contributed by atoms with Crippen LogP contribution in [0.1, 0.15) is 42.1 Å². The third-order valence-electron chi connectivity index (χ3n) is 4.23. The molecule has 1 N–H and O–H groups in total. The van der Waals surface area contributed by atoms with Crippen molar-refractivity contribution in [3.05, 3.63) is 63.6 Å². The molecule has 3 rings (SSSR count). The van der Waals surface area contributed by atoms with Gasteiger partial charge in [0.15, 0.2) is 0 Å². The smallest absolute Gasteiger partial charge is 0.119 e. The fourth-order valence-electron chi connectivity index (χ4n) is 3.07. The van der Waals surface area contributed by atoms with E-state index in [1.165, 1.54) is 27.6 Å². The lowest BCUT2D eigenvalue weighted by atomic mass is 10.0. The number of aryl methyl sites for hydroxylation is 1. The van der Waals surface area contributed by atoms with Gasteiger partial charge in [0.1, 0.15) is 5.75 Å². The zero-order valence-corrected chi connectivity index (χ0v) is 14.0. The molecule has 0 aliphatic heterocycles. The second-order valence-corrected chi connectivity index (χ2v) is 6.52. The number of hydrogen-bond donors (Lipinski definition) is 1. The van der Waals surface area contributed by atoms with Crippen LogP contribution in [0.5, 0.6) is 5.75 Å². The van der Waals surface area contributed by atoms with Gasteiger partial charge in [0, 0.05) is 16.6 Å². The van der Waals surface area contributed by atoms with Crippen molar-refractivity contribution < 1.29 is 4.74 Å². The Kier molecular flexibility index (Phi) is 4.32. The Balaban J connectivity index is 1.76. The molecule has 0 heterocycles. The summed E-state index contributed by atoms with van der Waals surface area (Å²) in [4.78, 5) is 0. The Morgan fingerprint density at radius 2 is 2.10 bits per heavy atom. The van der Waals surface area contributed by atoms with E-state index in [1.54, 1.807) is 7.11 Å². The number of hydrogen-bond acceptors (Lipinski definition) is 2. The van der Waals surface area contributed by atoms with Crippen LogP contribution in [-0.4, -0.2) is 7.11 Å². The van der Waals surface area contributed by atoms with E-state index in [1.807, 2.05) is 12.1 Å². The number of benzene rings is 2. The Morgan fingerprint density at radius 1 is 1.24 bits per heavy atom. The number of fused-ring (bicyclic) bond motifs is 1. The quantitative estimate of drug-likeness (QED) is 0.859. The SMILES string of the molecule is COc1cccc(C(C)NC2CCc3cc(Br)ccc32)c1. The summed E-state index contributed by atoms with van der Waals surface area (Å²) in [6.45, 7) is 2.21. The second-order valence-electron chi connectivity index (χ2n) is 5.60. The van der Waals surface area contributed by atoms with Gasteiger partial charge in [-0.25, -0.2) is 0 Å². The van der Waals surface area contributed by atoms with Crippen molar-refractivity contribution in [2.75, 3.05) is 7.11 Å². The summed E-state index contributed by atoms with van der Waals surface area (Å²) in [7, 11) is 1.71. The van der Waals surface area contributed by atoms with Gasteiger partial charge in [-0.1, -0.05) is 34.1 Å². The standard InChI is InChI=1S/C18H20BrNO/c1-12(13-4-3-5-16(11-13)21-2)20-18-9-6-14-10-15(19)7-8-17(14)18/h3-5,7-8,10-12,18,20H,6,9H2,1-2H3. The van der Waals surface area contributed by atoms with Crippen molar-refractivity contribution in [1.82, 2.24) is 5.32 Å². The Morgan fingerprint density at radius 3 is 2.90 bits per heavy atom. The van der Waals surface area contributed by atoms with Crippen molar-refractivity contribution in [1.29, 1.82) is 0 Å². The highest BCUT2D eigenvalue weighted by Crippen LogP contribution is 2.34. The van der Waals surface area contributed by atoms with Crippen LogP contribution in [0.3, 0.4) is 0 Å². The normalized spacial score (nSPS) is 18.3. The average Bonchev–Trinajstić information content (AvgIpc) is 2.89. The average molecular weight is 346 g/mol. The van der Waals surface area contributed by atoms with Crippen LogP contribution in [-0.2, 0) is 6.42 Å². The third kappa shape index (κ3) is 3.14. The molecule has 21 heavy (non-hydrogen) atoms. The topological polar surface area (TPSA) is 21.3 Å². The van der Waals surface area contributed by atoms with Crippen LogP contribution in [0.15, 0.2) is 46.9 Å². The lowest BCUT2D eigenvalue weighted by Gasteiger charge is -2.21. The minimum Gasteiger partial charge on any atom is -0.497 e. The molecule has 3 heteroatoms. The molecule has 2 unspecified atom stereocenters. The Hall–Kier alpha value is -1.32. The van der Waals surface area contributed by atoms with Gasteiger partial charge in [-0.05, 0) is 60.7 Å². The van der Waals surface area contributed by atoms with Crippen LogP contribution >= 0.6 is 15.9 Å². The first-order valence-corrected chi connectivity index (χ1v) is 8.15. The summed E-state index contributed by atoms with van der Waals surface area (Å²) >= 11 is 3.55. The Bertz CT molecular complexity index is 641. The molecule has 2 atom stereocenters. The first-order chi connectivity index (χ1) is 10.2. The maximum atomic E-state index is 5.31. The lowest BCUT2D eigenvalue weighted by molar-refractivity contribution is 0.411. The van der Waals surface area contributed by atoms with E-state index in [0.717, 1.165) is 12.2 Å². The molecule has 0 radical (unpaired) electrons. The van der Waals surface area contributed by atoms with E-state index in [4.69, 9.17) is 4.74 Å². The summed E-state index contributed by atoms with van der Waals surface area (Å²) in [6, 6.07) is 15.6. The second kappa shape index (κ2) is 6.20. The van der Waals surface area contributed by atoms with Gasteiger partial charge in [-0.2, -0.15) is 0 Å². The number of rotatable bonds is 4. The summed E-state index contributed by atoms with van der Waals surface area (Å²) in [5, 5.41) is 3.75.